The van der Waals surface area contributed by atoms with Gasteiger partial charge in [0, 0.05) is 32.7 Å². The van der Waals surface area contributed by atoms with Crippen LogP contribution in [0.4, 0.5) is 0 Å². The van der Waals surface area contributed by atoms with E-state index in [9.17, 15) is 14.4 Å². The van der Waals surface area contributed by atoms with Crippen molar-refractivity contribution < 1.29 is 47.1 Å². The number of carbonyl (C=O) groups is 2. The van der Waals surface area contributed by atoms with Crippen molar-refractivity contribution in [3.05, 3.63) is 11.6 Å². The molecule has 0 aliphatic carbocycles. The fourth-order valence-corrected chi connectivity index (χ4v) is 2.38. The summed E-state index contributed by atoms with van der Waals surface area (Å²) in [6.07, 6.45) is 3.54. The van der Waals surface area contributed by atoms with E-state index in [4.69, 9.17) is 0 Å². The number of amides is 2. The smallest absolute Gasteiger partial charge is 0.256 e. The van der Waals surface area contributed by atoms with Crippen molar-refractivity contribution in [2.45, 2.75) is 33.2 Å². The maximum Gasteiger partial charge on any atom is 0.256 e. The number of nitrogens with zero attached hydrogens (tertiary/aromatic N) is 2. The molecule has 1 atom stereocenters. The van der Waals surface area contributed by atoms with Crippen LogP contribution in [0.5, 0.6) is 0 Å². The van der Waals surface area contributed by atoms with Gasteiger partial charge in [-0.1, -0.05) is 18.6 Å². The monoisotopic (exact) mass is 324 g/mol. The third-order valence-electron chi connectivity index (χ3n) is 3.31. The summed E-state index contributed by atoms with van der Waals surface area (Å²) in [6.45, 7) is 6.93. The first-order valence-electron chi connectivity index (χ1n) is 5.48. The van der Waals surface area contributed by atoms with Crippen molar-refractivity contribution in [3.8, 4) is 0 Å². The summed E-state index contributed by atoms with van der Waals surface area (Å²) in [7, 11) is 0. The molecule has 0 aromatic rings. The first-order valence-corrected chi connectivity index (χ1v) is 5.48. The van der Waals surface area contributed by atoms with E-state index >= 15 is 0 Å². The Morgan fingerprint density at radius 1 is 1.22 bits per heavy atom. The second-order valence-electron chi connectivity index (χ2n) is 5.35. The largest absolute Gasteiger partial charge is 0.539 e. The van der Waals surface area contributed by atoms with Crippen LogP contribution in [0.25, 0.3) is 0 Å². The van der Waals surface area contributed by atoms with Gasteiger partial charge < -0.3 is 4.79 Å². The average molecular weight is 324 g/mol. The van der Waals surface area contributed by atoms with E-state index in [1.165, 1.54) is 10.0 Å². The summed E-state index contributed by atoms with van der Waals surface area (Å²) < 4.78 is 0. The number of hydrazine groups is 1. The van der Waals surface area contributed by atoms with E-state index in [2.05, 4.69) is 0 Å². The zero-order valence-corrected chi connectivity index (χ0v) is 13.8. The molecule has 18 heavy (non-hydrogen) atoms. The van der Waals surface area contributed by atoms with Crippen molar-refractivity contribution in [1.82, 2.24) is 10.0 Å². The molecule has 2 aliphatic heterocycles. The summed E-state index contributed by atoms with van der Waals surface area (Å²) in [5.41, 5.74) is -1.40. The number of carbonyl (C=O) groups excluding carboxylic acids is 3. The summed E-state index contributed by atoms with van der Waals surface area (Å²) in [5.74, 6) is -0.617. The van der Waals surface area contributed by atoms with Crippen LogP contribution in [0.3, 0.4) is 0 Å². The third kappa shape index (κ3) is 1.88. The molecule has 0 spiro atoms. The van der Waals surface area contributed by atoms with Gasteiger partial charge in [0.15, 0.2) is 0 Å². The minimum Gasteiger partial charge on any atom is -0.539 e. The summed E-state index contributed by atoms with van der Waals surface area (Å²) in [4.78, 5) is 35.5. The number of rotatable bonds is 1. The van der Waals surface area contributed by atoms with E-state index in [1.54, 1.807) is 26.8 Å². The molecule has 1 saturated heterocycles. The quantitative estimate of drug-likeness (QED) is 0.399. The van der Waals surface area contributed by atoms with Crippen LogP contribution in [0.2, 0.25) is 0 Å². The van der Waals surface area contributed by atoms with E-state index in [0.29, 0.717) is 6.54 Å². The average Bonchev–Trinajstić information content (AvgIpc) is 2.41. The van der Waals surface area contributed by atoms with Gasteiger partial charge >= 0.3 is 0 Å². The van der Waals surface area contributed by atoms with E-state index in [-0.39, 0.29) is 44.5 Å². The van der Waals surface area contributed by atoms with Crippen molar-refractivity contribution in [1.29, 1.82) is 0 Å². The molecule has 6 heteroatoms. The van der Waals surface area contributed by atoms with Gasteiger partial charge in [0.2, 0.25) is 0 Å². The van der Waals surface area contributed by atoms with Gasteiger partial charge in [0.25, 0.3) is 11.8 Å². The molecule has 0 aromatic carbocycles. The molecule has 2 heterocycles. The minimum atomic E-state index is -1.18. The standard InChI is InChI=1S/C12H15N2O3.Y/c1-8-5-12(4,7-15)14-10(17)11(2,3)9(16)13(14)6-8;/h5H,6H2,1-4H3;/q-1;. The van der Waals surface area contributed by atoms with Crippen LogP contribution in [0, 0.1) is 5.41 Å². The van der Waals surface area contributed by atoms with Crippen molar-refractivity contribution in [2.75, 3.05) is 6.54 Å². The molecule has 2 aliphatic rings. The predicted octanol–water partition coefficient (Wildman–Crippen LogP) is 0.424. The summed E-state index contributed by atoms with van der Waals surface area (Å²) >= 11 is 0. The normalized spacial score (nSPS) is 29.7. The van der Waals surface area contributed by atoms with Crippen LogP contribution in [0.1, 0.15) is 27.7 Å². The Balaban J connectivity index is 0.00000162. The van der Waals surface area contributed by atoms with E-state index in [1.807, 2.05) is 13.2 Å². The Labute approximate surface area is 131 Å². The van der Waals surface area contributed by atoms with Gasteiger partial charge in [-0.3, -0.25) is 14.6 Å². The molecule has 2 rings (SSSR count). The predicted molar refractivity (Wildman–Crippen MR) is 60.2 cm³/mol. The molecule has 5 nitrogen and oxygen atoms in total. The molecule has 1 fully saturated rings. The molecule has 0 bridgehead atoms. The van der Waals surface area contributed by atoms with Crippen LogP contribution < -0.4 is 0 Å². The zero-order chi connectivity index (χ0) is 13.0. The minimum absolute atomic E-state index is 0. The second kappa shape index (κ2) is 4.53. The van der Waals surface area contributed by atoms with Crippen molar-refractivity contribution in [3.63, 3.8) is 0 Å². The Bertz CT molecular complexity index is 458. The molecule has 2 amide bonds. The fraction of sp³-hybridized carbons (Fsp3) is 0.583. The van der Waals surface area contributed by atoms with Gasteiger partial charge in [0.1, 0.15) is 5.41 Å². The van der Waals surface area contributed by atoms with E-state index < -0.39 is 11.0 Å². The topological polar surface area (TPSA) is 57.7 Å². The number of hydrogen-bond donors (Lipinski definition) is 0. The van der Waals surface area contributed by atoms with Crippen LogP contribution in [-0.4, -0.2) is 40.2 Å². The Kier molecular flexibility index (Phi) is 3.90. The third-order valence-corrected chi connectivity index (χ3v) is 3.31. The summed E-state index contributed by atoms with van der Waals surface area (Å²) in [6, 6.07) is 0. The molecule has 1 unspecified atom stereocenters. The molecule has 95 valence electrons. The molecule has 1 radical (unpaired) electrons. The van der Waals surface area contributed by atoms with E-state index in [0.717, 1.165) is 5.57 Å². The number of hydrogen-bond acceptors (Lipinski definition) is 3. The molecule has 0 N–H and O–H groups in total. The van der Waals surface area contributed by atoms with Crippen LogP contribution in [-0.2, 0) is 47.1 Å². The van der Waals surface area contributed by atoms with Crippen LogP contribution >= 0.6 is 0 Å². The second-order valence-corrected chi connectivity index (χ2v) is 5.35. The first kappa shape index (κ1) is 15.5. The van der Waals surface area contributed by atoms with Gasteiger partial charge in [-0.25, -0.2) is 11.3 Å². The van der Waals surface area contributed by atoms with Crippen molar-refractivity contribution >= 4 is 18.1 Å². The molecule has 0 aromatic heterocycles. The first-order chi connectivity index (χ1) is 7.74. The van der Waals surface area contributed by atoms with Crippen LogP contribution in [0.15, 0.2) is 11.6 Å². The fourth-order valence-electron chi connectivity index (χ4n) is 2.38. The summed E-state index contributed by atoms with van der Waals surface area (Å²) in [5, 5.41) is 2.58. The molecule has 0 saturated carbocycles. The Morgan fingerprint density at radius 3 is 2.28 bits per heavy atom. The van der Waals surface area contributed by atoms with Gasteiger partial charge in [-0.15, -0.1) is 0 Å². The SMILES string of the molecule is CC1=CC(C)([C-]=O)N2C(=O)C(C)(C)C(=O)N2C1.[Y]. The maximum atomic E-state index is 12.2. The zero-order valence-electron chi connectivity index (χ0n) is 11.0. The van der Waals surface area contributed by atoms with Gasteiger partial charge in [0.05, 0.1) is 6.54 Å². The molecular weight excluding hydrogens is 309 g/mol. The Morgan fingerprint density at radius 2 is 1.78 bits per heavy atom. The Hall–Kier alpha value is -0.546. The van der Waals surface area contributed by atoms with Gasteiger partial charge in [-0.05, 0) is 26.3 Å². The maximum absolute atomic E-state index is 12.2. The van der Waals surface area contributed by atoms with Crippen molar-refractivity contribution in [2.24, 2.45) is 5.41 Å². The number of fused-ring (bicyclic) bond motifs is 1. The molecular formula is C12H15N2O3Y-. The van der Waals surface area contributed by atoms with Gasteiger partial charge in [-0.2, -0.15) is 0 Å².